The predicted molar refractivity (Wildman–Crippen MR) is 102 cm³/mol. The molecule has 27 heavy (non-hydrogen) atoms. The first kappa shape index (κ1) is 17.7. The van der Waals surface area contributed by atoms with Gasteiger partial charge in [-0.25, -0.2) is 8.42 Å². The molecule has 3 aromatic rings. The van der Waals surface area contributed by atoms with Crippen LogP contribution in [0, 0.1) is 6.92 Å². The van der Waals surface area contributed by atoms with Crippen molar-refractivity contribution in [3.63, 3.8) is 0 Å². The number of benzene rings is 2. The van der Waals surface area contributed by atoms with Crippen molar-refractivity contribution in [2.75, 3.05) is 4.72 Å². The largest absolute Gasteiger partial charge is 0.339 e. The highest BCUT2D eigenvalue weighted by atomic mass is 32.2. The molecule has 0 aliphatic heterocycles. The Bertz CT molecular complexity index is 1070. The minimum Gasteiger partial charge on any atom is -0.339 e. The van der Waals surface area contributed by atoms with Gasteiger partial charge in [0, 0.05) is 0 Å². The quantitative estimate of drug-likeness (QED) is 0.727. The maximum atomic E-state index is 12.9. The van der Waals surface area contributed by atoms with E-state index >= 15 is 0 Å². The van der Waals surface area contributed by atoms with Crippen molar-refractivity contribution in [3.05, 3.63) is 70.9 Å². The van der Waals surface area contributed by atoms with Gasteiger partial charge in [-0.1, -0.05) is 29.4 Å². The molecule has 1 aliphatic rings. The van der Waals surface area contributed by atoms with E-state index in [0.29, 0.717) is 28.7 Å². The van der Waals surface area contributed by atoms with Crippen LogP contribution in [0.3, 0.4) is 0 Å². The summed E-state index contributed by atoms with van der Waals surface area (Å²) in [5, 5.41) is 3.78. The van der Waals surface area contributed by atoms with Crippen molar-refractivity contribution in [1.82, 2.24) is 10.1 Å². The Balaban J connectivity index is 1.61. The molecule has 0 spiro atoms. The number of hydrogen-bond acceptors (Lipinski definition) is 5. The predicted octanol–water partition coefficient (Wildman–Crippen LogP) is 3.65. The van der Waals surface area contributed by atoms with Gasteiger partial charge >= 0.3 is 0 Å². The first-order valence-corrected chi connectivity index (χ1v) is 10.5. The SMILES string of the molecule is Cc1noc(Cc2ccccc2NS(=O)(=O)c2ccc3c(c2)CCCC3)n1. The molecule has 0 radical (unpaired) electrons. The number of anilines is 1. The summed E-state index contributed by atoms with van der Waals surface area (Å²) in [7, 11) is -3.67. The van der Waals surface area contributed by atoms with E-state index in [1.807, 2.05) is 18.2 Å². The highest BCUT2D eigenvalue weighted by Gasteiger charge is 2.19. The second-order valence-electron chi connectivity index (χ2n) is 6.81. The highest BCUT2D eigenvalue weighted by molar-refractivity contribution is 7.92. The summed E-state index contributed by atoms with van der Waals surface area (Å²) in [6.45, 7) is 1.75. The van der Waals surface area contributed by atoms with Crippen LogP contribution in [0.5, 0.6) is 0 Å². The van der Waals surface area contributed by atoms with E-state index < -0.39 is 10.0 Å². The number of fused-ring (bicyclic) bond motifs is 1. The van der Waals surface area contributed by atoms with Gasteiger partial charge in [0.2, 0.25) is 5.89 Å². The molecule has 0 bridgehead atoms. The molecule has 7 heteroatoms. The maximum Gasteiger partial charge on any atom is 0.261 e. The van der Waals surface area contributed by atoms with Gasteiger partial charge in [0.1, 0.15) is 0 Å². The molecule has 0 fully saturated rings. The molecule has 6 nitrogen and oxygen atoms in total. The Labute approximate surface area is 158 Å². The fraction of sp³-hybridized carbons (Fsp3) is 0.300. The smallest absolute Gasteiger partial charge is 0.261 e. The third-order valence-corrected chi connectivity index (χ3v) is 6.17. The van der Waals surface area contributed by atoms with Crippen LogP contribution in [-0.4, -0.2) is 18.6 Å². The molecule has 0 amide bonds. The molecule has 0 atom stereocenters. The normalized spacial score (nSPS) is 14.0. The van der Waals surface area contributed by atoms with Gasteiger partial charge in [-0.15, -0.1) is 0 Å². The van der Waals surface area contributed by atoms with Crippen LogP contribution in [0.2, 0.25) is 0 Å². The van der Waals surface area contributed by atoms with Gasteiger partial charge in [0.25, 0.3) is 10.0 Å². The summed E-state index contributed by atoms with van der Waals surface area (Å²) >= 11 is 0. The van der Waals surface area contributed by atoms with E-state index in [2.05, 4.69) is 14.9 Å². The average molecular weight is 383 g/mol. The average Bonchev–Trinajstić information content (AvgIpc) is 3.07. The Hall–Kier alpha value is -2.67. The van der Waals surface area contributed by atoms with Crippen molar-refractivity contribution in [2.45, 2.75) is 43.9 Å². The van der Waals surface area contributed by atoms with Crippen molar-refractivity contribution in [1.29, 1.82) is 0 Å². The van der Waals surface area contributed by atoms with Gasteiger partial charge in [-0.2, -0.15) is 4.98 Å². The summed E-state index contributed by atoms with van der Waals surface area (Å²) in [4.78, 5) is 4.49. The molecule has 0 saturated carbocycles. The summed E-state index contributed by atoms with van der Waals surface area (Å²) < 4.78 is 33.7. The van der Waals surface area contributed by atoms with Gasteiger partial charge in [0.05, 0.1) is 17.0 Å². The van der Waals surface area contributed by atoms with Crippen molar-refractivity contribution >= 4 is 15.7 Å². The van der Waals surface area contributed by atoms with Crippen LogP contribution in [-0.2, 0) is 29.3 Å². The molecule has 140 valence electrons. The molecule has 0 saturated heterocycles. The number of para-hydroxylation sites is 1. The zero-order valence-electron chi connectivity index (χ0n) is 15.1. The molecule has 2 aromatic carbocycles. The zero-order chi connectivity index (χ0) is 18.9. The lowest BCUT2D eigenvalue weighted by atomic mass is 9.92. The van der Waals surface area contributed by atoms with Crippen LogP contribution < -0.4 is 4.72 Å². The van der Waals surface area contributed by atoms with Crippen molar-refractivity contribution < 1.29 is 12.9 Å². The topological polar surface area (TPSA) is 85.1 Å². The fourth-order valence-corrected chi connectivity index (χ4v) is 4.58. The summed E-state index contributed by atoms with van der Waals surface area (Å²) in [5.74, 6) is 1.00. The van der Waals surface area contributed by atoms with Crippen LogP contribution in [0.15, 0.2) is 51.9 Å². The van der Waals surface area contributed by atoms with Gasteiger partial charge in [-0.05, 0) is 67.5 Å². The van der Waals surface area contributed by atoms with Crippen molar-refractivity contribution in [3.8, 4) is 0 Å². The van der Waals surface area contributed by atoms with Gasteiger partial charge < -0.3 is 4.52 Å². The molecule has 1 aromatic heterocycles. The molecular formula is C20H21N3O3S. The Morgan fingerprint density at radius 1 is 1.07 bits per heavy atom. The maximum absolute atomic E-state index is 12.9. The van der Waals surface area contributed by atoms with Crippen LogP contribution in [0.1, 0.15) is 41.2 Å². The van der Waals surface area contributed by atoms with Crippen LogP contribution in [0.4, 0.5) is 5.69 Å². The summed E-state index contributed by atoms with van der Waals surface area (Å²) in [5.41, 5.74) is 3.69. The lowest BCUT2D eigenvalue weighted by molar-refractivity contribution is 0.381. The van der Waals surface area contributed by atoms with Crippen LogP contribution >= 0.6 is 0 Å². The van der Waals surface area contributed by atoms with E-state index in [1.54, 1.807) is 31.2 Å². The van der Waals surface area contributed by atoms with E-state index in [9.17, 15) is 8.42 Å². The van der Waals surface area contributed by atoms with Crippen molar-refractivity contribution in [2.24, 2.45) is 0 Å². The zero-order valence-corrected chi connectivity index (χ0v) is 15.9. The third kappa shape index (κ3) is 3.88. The second-order valence-corrected chi connectivity index (χ2v) is 8.49. The second kappa shape index (κ2) is 7.15. The molecule has 1 heterocycles. The fourth-order valence-electron chi connectivity index (χ4n) is 3.43. The van der Waals surface area contributed by atoms with Gasteiger partial charge in [0.15, 0.2) is 5.82 Å². The number of rotatable bonds is 5. The first-order chi connectivity index (χ1) is 13.0. The molecule has 1 aliphatic carbocycles. The minimum atomic E-state index is -3.67. The Kier molecular flexibility index (Phi) is 4.70. The lowest BCUT2D eigenvalue weighted by Gasteiger charge is -2.17. The van der Waals surface area contributed by atoms with E-state index in [1.165, 1.54) is 12.0 Å². The number of nitrogens with zero attached hydrogens (tertiary/aromatic N) is 2. The highest BCUT2D eigenvalue weighted by Crippen LogP contribution is 2.26. The molecule has 4 rings (SSSR count). The third-order valence-electron chi connectivity index (χ3n) is 4.80. The Morgan fingerprint density at radius 2 is 1.85 bits per heavy atom. The number of hydrogen-bond donors (Lipinski definition) is 1. The number of aryl methyl sites for hydroxylation is 3. The number of aromatic nitrogens is 2. The molecular weight excluding hydrogens is 362 g/mol. The monoisotopic (exact) mass is 383 g/mol. The Morgan fingerprint density at radius 3 is 2.63 bits per heavy atom. The lowest BCUT2D eigenvalue weighted by Crippen LogP contribution is -2.15. The van der Waals surface area contributed by atoms with E-state index in [0.717, 1.165) is 30.4 Å². The van der Waals surface area contributed by atoms with Crippen LogP contribution in [0.25, 0.3) is 0 Å². The van der Waals surface area contributed by atoms with E-state index in [4.69, 9.17) is 4.52 Å². The molecule has 0 unspecified atom stereocenters. The number of nitrogens with one attached hydrogen (secondary N) is 1. The summed E-state index contributed by atoms with van der Waals surface area (Å²) in [6.07, 6.45) is 4.60. The standard InChI is InChI=1S/C20H21N3O3S/c1-14-21-20(26-22-14)13-17-8-4-5-9-19(17)23-27(24,25)18-11-10-15-6-2-3-7-16(15)12-18/h4-5,8-12,23H,2-3,6-7,13H2,1H3. The minimum absolute atomic E-state index is 0.298. The first-order valence-electron chi connectivity index (χ1n) is 9.03. The van der Waals surface area contributed by atoms with E-state index in [-0.39, 0.29) is 0 Å². The number of sulfonamides is 1. The summed E-state index contributed by atoms with van der Waals surface area (Å²) in [6, 6.07) is 12.7. The molecule has 1 N–H and O–H groups in total. The van der Waals surface area contributed by atoms with Gasteiger partial charge in [-0.3, -0.25) is 4.72 Å².